The fourth-order valence-electron chi connectivity index (χ4n) is 1.36. The van der Waals surface area contributed by atoms with Gasteiger partial charge in [-0.15, -0.1) is 0 Å². The fourth-order valence-corrected chi connectivity index (χ4v) is 1.85. The van der Waals surface area contributed by atoms with Gasteiger partial charge in [0, 0.05) is 18.7 Å². The lowest BCUT2D eigenvalue weighted by Gasteiger charge is -2.08. The Morgan fingerprint density at radius 1 is 1.32 bits per heavy atom. The Labute approximate surface area is 121 Å². The molecule has 106 valence electrons. The van der Waals surface area contributed by atoms with Crippen LogP contribution in [0.5, 0.6) is 0 Å². The highest BCUT2D eigenvalue weighted by Gasteiger charge is 2.10. The van der Waals surface area contributed by atoms with E-state index in [1.165, 1.54) is 12.1 Å². The van der Waals surface area contributed by atoms with Crippen LogP contribution in [-0.2, 0) is 4.74 Å². The van der Waals surface area contributed by atoms with Gasteiger partial charge in [-0.3, -0.25) is 4.79 Å². The molecule has 0 saturated carbocycles. The summed E-state index contributed by atoms with van der Waals surface area (Å²) < 4.78 is 5.06. The van der Waals surface area contributed by atoms with Gasteiger partial charge in [0.2, 0.25) is 0 Å². The number of nitrogen functional groups attached to an aromatic ring is 1. The number of aliphatic hydroxyl groups is 1. The second-order valence-corrected chi connectivity index (χ2v) is 4.61. The number of rotatable bonds is 7. The zero-order valence-electron chi connectivity index (χ0n) is 10.3. The molecule has 19 heavy (non-hydrogen) atoms. The van der Waals surface area contributed by atoms with E-state index in [9.17, 15) is 4.79 Å². The summed E-state index contributed by atoms with van der Waals surface area (Å²) in [4.78, 5) is 11.8. The molecule has 5 nitrogen and oxygen atoms in total. The molecule has 7 heteroatoms. The number of halogens is 2. The van der Waals surface area contributed by atoms with Gasteiger partial charge >= 0.3 is 0 Å². The van der Waals surface area contributed by atoms with Crippen LogP contribution in [0.1, 0.15) is 16.8 Å². The van der Waals surface area contributed by atoms with Gasteiger partial charge in [-0.05, 0) is 18.6 Å². The smallest absolute Gasteiger partial charge is 0.251 e. The third kappa shape index (κ3) is 5.24. The molecule has 4 N–H and O–H groups in total. The number of anilines is 1. The molecule has 0 aliphatic rings. The lowest BCUT2D eigenvalue weighted by Crippen LogP contribution is -2.25. The maximum Gasteiger partial charge on any atom is 0.251 e. The molecular formula is C12H16Cl2N2O3. The highest BCUT2D eigenvalue weighted by Crippen LogP contribution is 2.28. The SMILES string of the molecule is Nc1c(Cl)cc(C(=O)NCCCOCCO)cc1Cl. The van der Waals surface area contributed by atoms with Crippen LogP contribution in [0.3, 0.4) is 0 Å². The second-order valence-electron chi connectivity index (χ2n) is 3.80. The lowest BCUT2D eigenvalue weighted by atomic mass is 10.2. The highest BCUT2D eigenvalue weighted by molar-refractivity contribution is 6.39. The van der Waals surface area contributed by atoms with Crippen molar-refractivity contribution in [3.05, 3.63) is 27.7 Å². The van der Waals surface area contributed by atoms with E-state index in [4.69, 9.17) is 38.8 Å². The van der Waals surface area contributed by atoms with Crippen molar-refractivity contribution in [3.63, 3.8) is 0 Å². The van der Waals surface area contributed by atoms with Gasteiger partial charge in [-0.1, -0.05) is 23.2 Å². The number of carbonyl (C=O) groups is 1. The maximum absolute atomic E-state index is 11.8. The molecule has 0 aliphatic carbocycles. The zero-order valence-corrected chi connectivity index (χ0v) is 11.8. The normalized spacial score (nSPS) is 10.5. The standard InChI is InChI=1S/C12H16Cl2N2O3/c13-9-6-8(7-10(14)11(9)15)12(18)16-2-1-4-19-5-3-17/h6-7,17H,1-5,15H2,(H,16,18). The summed E-state index contributed by atoms with van der Waals surface area (Å²) in [5, 5.41) is 11.7. The first-order chi connectivity index (χ1) is 9.06. The fraction of sp³-hybridized carbons (Fsp3) is 0.417. The van der Waals surface area contributed by atoms with E-state index in [-0.39, 0.29) is 28.2 Å². The van der Waals surface area contributed by atoms with Crippen molar-refractivity contribution in [2.24, 2.45) is 0 Å². The van der Waals surface area contributed by atoms with E-state index >= 15 is 0 Å². The summed E-state index contributed by atoms with van der Waals surface area (Å²) in [6.07, 6.45) is 0.655. The Bertz CT molecular complexity index is 418. The molecule has 0 saturated heterocycles. The summed E-state index contributed by atoms with van der Waals surface area (Å²) >= 11 is 11.7. The van der Waals surface area contributed by atoms with Crippen LogP contribution in [0, 0.1) is 0 Å². The third-order valence-corrected chi connectivity index (χ3v) is 2.95. The molecule has 0 bridgehead atoms. The number of nitrogens with one attached hydrogen (secondary N) is 1. The number of nitrogens with two attached hydrogens (primary N) is 1. The van der Waals surface area contributed by atoms with Crippen molar-refractivity contribution in [3.8, 4) is 0 Å². The van der Waals surface area contributed by atoms with Crippen molar-refractivity contribution in [1.29, 1.82) is 0 Å². The summed E-state index contributed by atoms with van der Waals surface area (Å²) in [5.41, 5.74) is 6.21. The van der Waals surface area contributed by atoms with Crippen LogP contribution in [0.4, 0.5) is 5.69 Å². The molecular weight excluding hydrogens is 291 g/mol. The highest BCUT2D eigenvalue weighted by atomic mass is 35.5. The maximum atomic E-state index is 11.8. The monoisotopic (exact) mass is 306 g/mol. The van der Waals surface area contributed by atoms with Gasteiger partial charge in [0.25, 0.3) is 5.91 Å². The molecule has 0 radical (unpaired) electrons. The number of ether oxygens (including phenoxy) is 1. The number of aliphatic hydroxyl groups excluding tert-OH is 1. The molecule has 1 aromatic carbocycles. The minimum absolute atomic E-state index is 0.00516. The van der Waals surface area contributed by atoms with Crippen LogP contribution in [0.25, 0.3) is 0 Å². The van der Waals surface area contributed by atoms with Gasteiger partial charge in [0.1, 0.15) is 0 Å². The molecule has 0 heterocycles. The van der Waals surface area contributed by atoms with Gasteiger partial charge < -0.3 is 20.9 Å². The molecule has 1 amide bonds. The van der Waals surface area contributed by atoms with E-state index in [2.05, 4.69) is 5.32 Å². The van der Waals surface area contributed by atoms with Crippen molar-refractivity contribution >= 4 is 34.8 Å². The minimum atomic E-state index is -0.272. The third-order valence-electron chi connectivity index (χ3n) is 2.33. The van der Waals surface area contributed by atoms with E-state index in [0.29, 0.717) is 31.7 Å². The zero-order chi connectivity index (χ0) is 14.3. The van der Waals surface area contributed by atoms with E-state index in [1.54, 1.807) is 0 Å². The average molecular weight is 307 g/mol. The van der Waals surface area contributed by atoms with E-state index in [0.717, 1.165) is 0 Å². The largest absolute Gasteiger partial charge is 0.396 e. The lowest BCUT2D eigenvalue weighted by molar-refractivity contribution is 0.0867. The molecule has 0 aliphatic heterocycles. The van der Waals surface area contributed by atoms with Gasteiger partial charge in [-0.25, -0.2) is 0 Å². The summed E-state index contributed by atoms with van der Waals surface area (Å²) in [7, 11) is 0. The first-order valence-corrected chi connectivity index (χ1v) is 6.53. The Morgan fingerprint density at radius 2 is 1.95 bits per heavy atom. The predicted octanol–water partition coefficient (Wildman–Crippen LogP) is 1.70. The predicted molar refractivity (Wildman–Crippen MR) is 75.7 cm³/mol. The van der Waals surface area contributed by atoms with Crippen LogP contribution in [0.2, 0.25) is 10.0 Å². The second kappa shape index (κ2) is 8.22. The summed E-state index contributed by atoms with van der Waals surface area (Å²) in [6.45, 7) is 1.24. The topological polar surface area (TPSA) is 84.6 Å². The number of hydrogen-bond donors (Lipinski definition) is 3. The van der Waals surface area contributed by atoms with Crippen LogP contribution in [0.15, 0.2) is 12.1 Å². The molecule has 0 aromatic heterocycles. The van der Waals surface area contributed by atoms with Crippen molar-refractivity contribution in [2.75, 3.05) is 32.1 Å². The Morgan fingerprint density at radius 3 is 2.53 bits per heavy atom. The molecule has 1 rings (SSSR count). The molecule has 0 unspecified atom stereocenters. The van der Waals surface area contributed by atoms with Crippen molar-refractivity contribution in [2.45, 2.75) is 6.42 Å². The molecule has 1 aromatic rings. The van der Waals surface area contributed by atoms with Gasteiger partial charge in [0.05, 0.1) is 28.9 Å². The number of benzene rings is 1. The minimum Gasteiger partial charge on any atom is -0.396 e. The van der Waals surface area contributed by atoms with Crippen LogP contribution < -0.4 is 11.1 Å². The number of amides is 1. The van der Waals surface area contributed by atoms with Crippen molar-refractivity contribution in [1.82, 2.24) is 5.32 Å². The molecule has 0 atom stereocenters. The molecule has 0 fully saturated rings. The number of carbonyl (C=O) groups excluding carboxylic acids is 1. The van der Waals surface area contributed by atoms with Gasteiger partial charge in [0.15, 0.2) is 0 Å². The Kier molecular flexibility index (Phi) is 6.94. The summed E-state index contributed by atoms with van der Waals surface area (Å²) in [5.74, 6) is -0.272. The first kappa shape index (κ1) is 16.0. The average Bonchev–Trinajstić information content (AvgIpc) is 2.39. The Hall–Kier alpha value is -1.01. The first-order valence-electron chi connectivity index (χ1n) is 5.77. The number of hydrogen-bond acceptors (Lipinski definition) is 4. The van der Waals surface area contributed by atoms with Crippen LogP contribution in [-0.4, -0.2) is 37.4 Å². The van der Waals surface area contributed by atoms with Crippen molar-refractivity contribution < 1.29 is 14.6 Å². The van der Waals surface area contributed by atoms with E-state index < -0.39 is 0 Å². The van der Waals surface area contributed by atoms with Gasteiger partial charge in [-0.2, -0.15) is 0 Å². The van der Waals surface area contributed by atoms with Crippen LogP contribution >= 0.6 is 23.2 Å². The quantitative estimate of drug-likeness (QED) is 0.529. The van der Waals surface area contributed by atoms with E-state index in [1.807, 2.05) is 0 Å². The molecule has 0 spiro atoms. The Balaban J connectivity index is 2.42. The summed E-state index contributed by atoms with van der Waals surface area (Å²) in [6, 6.07) is 2.95.